The molecule has 1 fully saturated rings. The molecule has 1 atom stereocenters. The Balaban J connectivity index is 1.57. The molecule has 6 nitrogen and oxygen atoms in total. The lowest BCUT2D eigenvalue weighted by Crippen LogP contribution is -2.32. The van der Waals surface area contributed by atoms with Crippen molar-refractivity contribution in [2.75, 3.05) is 7.05 Å². The second kappa shape index (κ2) is 6.70. The minimum absolute atomic E-state index is 0.0582. The van der Waals surface area contributed by atoms with E-state index in [4.69, 9.17) is 0 Å². The molecule has 0 bridgehead atoms. The summed E-state index contributed by atoms with van der Waals surface area (Å²) in [5, 5.41) is 6.97. The lowest BCUT2D eigenvalue weighted by molar-refractivity contribution is -0.130. The zero-order valence-corrected chi connectivity index (χ0v) is 13.4. The number of carbonyl (C=O) groups is 3. The van der Waals surface area contributed by atoms with Crippen LogP contribution in [0.2, 0.25) is 0 Å². The van der Waals surface area contributed by atoms with Crippen molar-refractivity contribution in [2.24, 2.45) is 0 Å². The zero-order chi connectivity index (χ0) is 17.1. The minimum atomic E-state index is -0.615. The molecule has 0 radical (unpaired) electrons. The molecule has 1 aliphatic rings. The average Bonchev–Trinajstić information content (AvgIpc) is 2.90. The predicted molar refractivity (Wildman–Crippen MR) is 90.1 cm³/mol. The summed E-state index contributed by atoms with van der Waals surface area (Å²) in [6.07, 6.45) is 0.515. The molecule has 6 heteroatoms. The van der Waals surface area contributed by atoms with E-state index in [9.17, 15) is 14.4 Å². The first-order chi connectivity index (χ1) is 11.5. The van der Waals surface area contributed by atoms with Crippen LogP contribution in [0, 0.1) is 0 Å². The number of imide groups is 1. The highest BCUT2D eigenvalue weighted by molar-refractivity contribution is 6.04. The molecule has 1 saturated heterocycles. The second-order valence-corrected chi connectivity index (χ2v) is 5.99. The Morgan fingerprint density at radius 2 is 1.88 bits per heavy atom. The van der Waals surface area contributed by atoms with Crippen LogP contribution < -0.4 is 10.6 Å². The Hall–Kier alpha value is -2.89. The number of rotatable bonds is 5. The molecule has 4 amide bonds. The van der Waals surface area contributed by atoms with E-state index in [0.29, 0.717) is 13.0 Å². The molecular weight excluding hydrogens is 306 g/mol. The van der Waals surface area contributed by atoms with Crippen LogP contribution in [0.1, 0.15) is 18.4 Å². The van der Waals surface area contributed by atoms with Crippen LogP contribution in [-0.4, -0.2) is 35.8 Å². The SMILES string of the molecule is CN(Cc1ccc2ccccc2c1)C(=O)CCC1NC(=O)NC1=O. The summed E-state index contributed by atoms with van der Waals surface area (Å²) in [4.78, 5) is 36.4. The van der Waals surface area contributed by atoms with E-state index < -0.39 is 12.1 Å². The van der Waals surface area contributed by atoms with E-state index in [1.807, 2.05) is 30.3 Å². The van der Waals surface area contributed by atoms with Crippen LogP contribution in [-0.2, 0) is 16.1 Å². The molecule has 0 saturated carbocycles. The quantitative estimate of drug-likeness (QED) is 0.823. The number of hydrogen-bond donors (Lipinski definition) is 2. The van der Waals surface area contributed by atoms with Gasteiger partial charge < -0.3 is 10.2 Å². The predicted octanol–water partition coefficient (Wildman–Crippen LogP) is 1.79. The van der Waals surface area contributed by atoms with Crippen LogP contribution in [0.15, 0.2) is 42.5 Å². The third-order valence-electron chi connectivity index (χ3n) is 4.16. The lowest BCUT2D eigenvalue weighted by Gasteiger charge is -2.18. The highest BCUT2D eigenvalue weighted by Gasteiger charge is 2.29. The van der Waals surface area contributed by atoms with Gasteiger partial charge in [-0.2, -0.15) is 0 Å². The summed E-state index contributed by atoms with van der Waals surface area (Å²) >= 11 is 0. The maximum atomic E-state index is 12.2. The fraction of sp³-hybridized carbons (Fsp3) is 0.278. The Kier molecular flexibility index (Phi) is 4.46. The Morgan fingerprint density at radius 1 is 1.12 bits per heavy atom. The van der Waals surface area contributed by atoms with Gasteiger partial charge in [0, 0.05) is 20.0 Å². The number of carbonyl (C=O) groups excluding carboxylic acids is 3. The van der Waals surface area contributed by atoms with Crippen LogP contribution >= 0.6 is 0 Å². The van der Waals surface area contributed by atoms with Gasteiger partial charge in [0.25, 0.3) is 5.91 Å². The molecule has 1 heterocycles. The Bertz CT molecular complexity index is 803. The van der Waals surface area contributed by atoms with Crippen molar-refractivity contribution < 1.29 is 14.4 Å². The molecule has 3 rings (SSSR count). The van der Waals surface area contributed by atoms with Crippen LogP contribution in [0.4, 0.5) is 4.79 Å². The summed E-state index contributed by atoms with van der Waals surface area (Å²) in [7, 11) is 1.74. The molecule has 0 aromatic heterocycles. The van der Waals surface area contributed by atoms with Gasteiger partial charge in [0.1, 0.15) is 6.04 Å². The first-order valence-corrected chi connectivity index (χ1v) is 7.86. The van der Waals surface area contributed by atoms with Gasteiger partial charge in [-0.3, -0.25) is 14.9 Å². The van der Waals surface area contributed by atoms with Gasteiger partial charge in [-0.05, 0) is 28.8 Å². The van der Waals surface area contributed by atoms with Gasteiger partial charge in [-0.15, -0.1) is 0 Å². The number of fused-ring (bicyclic) bond motifs is 1. The Labute approximate surface area is 139 Å². The molecule has 2 aromatic carbocycles. The number of benzene rings is 2. The fourth-order valence-electron chi connectivity index (χ4n) is 2.82. The normalized spacial score (nSPS) is 16.8. The molecule has 0 aliphatic carbocycles. The number of nitrogens with zero attached hydrogens (tertiary/aromatic N) is 1. The van der Waals surface area contributed by atoms with E-state index in [1.54, 1.807) is 11.9 Å². The number of hydrogen-bond acceptors (Lipinski definition) is 3. The van der Waals surface area contributed by atoms with Crippen molar-refractivity contribution in [3.05, 3.63) is 48.0 Å². The third kappa shape index (κ3) is 3.53. The van der Waals surface area contributed by atoms with Crippen molar-refractivity contribution in [3.8, 4) is 0 Å². The average molecular weight is 325 g/mol. The molecular formula is C18H19N3O3. The molecule has 2 N–H and O–H groups in total. The van der Waals surface area contributed by atoms with Gasteiger partial charge in [0.2, 0.25) is 5.91 Å². The first-order valence-electron chi connectivity index (χ1n) is 7.86. The topological polar surface area (TPSA) is 78.5 Å². The smallest absolute Gasteiger partial charge is 0.322 e. The fourth-order valence-corrected chi connectivity index (χ4v) is 2.82. The zero-order valence-electron chi connectivity index (χ0n) is 13.4. The standard InChI is InChI=1S/C18H19N3O3/c1-21(16(22)9-8-15-17(23)20-18(24)19-15)11-12-6-7-13-4-2-3-5-14(13)10-12/h2-7,10,15H,8-9,11H2,1H3,(H2,19,20,23,24). The van der Waals surface area contributed by atoms with Crippen LogP contribution in [0.25, 0.3) is 10.8 Å². The minimum Gasteiger partial charge on any atom is -0.341 e. The molecule has 1 aliphatic heterocycles. The second-order valence-electron chi connectivity index (χ2n) is 5.99. The first kappa shape index (κ1) is 16.0. The van der Waals surface area contributed by atoms with E-state index in [0.717, 1.165) is 10.9 Å². The van der Waals surface area contributed by atoms with E-state index >= 15 is 0 Å². The maximum absolute atomic E-state index is 12.2. The van der Waals surface area contributed by atoms with Crippen LogP contribution in [0.3, 0.4) is 0 Å². The van der Waals surface area contributed by atoms with Crippen molar-refractivity contribution in [1.29, 1.82) is 0 Å². The summed E-state index contributed by atoms with van der Waals surface area (Å²) in [6.45, 7) is 0.507. The van der Waals surface area contributed by atoms with Gasteiger partial charge in [-0.1, -0.05) is 36.4 Å². The van der Waals surface area contributed by atoms with Crippen molar-refractivity contribution in [2.45, 2.75) is 25.4 Å². The summed E-state index contributed by atoms with van der Waals surface area (Å²) in [5.41, 5.74) is 1.05. The van der Waals surface area contributed by atoms with Crippen molar-refractivity contribution in [1.82, 2.24) is 15.5 Å². The highest BCUT2D eigenvalue weighted by atomic mass is 16.2. The summed E-state index contributed by atoms with van der Waals surface area (Å²) < 4.78 is 0. The summed E-state index contributed by atoms with van der Waals surface area (Å²) in [5.74, 6) is -0.429. The lowest BCUT2D eigenvalue weighted by atomic mass is 10.1. The van der Waals surface area contributed by atoms with Crippen molar-refractivity contribution >= 4 is 28.6 Å². The van der Waals surface area contributed by atoms with Gasteiger partial charge in [0.05, 0.1) is 0 Å². The highest BCUT2D eigenvalue weighted by Crippen LogP contribution is 2.17. The third-order valence-corrected chi connectivity index (χ3v) is 4.16. The number of amides is 4. The van der Waals surface area contributed by atoms with Crippen LogP contribution in [0.5, 0.6) is 0 Å². The van der Waals surface area contributed by atoms with E-state index in [2.05, 4.69) is 22.8 Å². The van der Waals surface area contributed by atoms with E-state index in [1.165, 1.54) is 5.39 Å². The largest absolute Gasteiger partial charge is 0.341 e. The van der Waals surface area contributed by atoms with Gasteiger partial charge in [0.15, 0.2) is 0 Å². The monoisotopic (exact) mass is 325 g/mol. The van der Waals surface area contributed by atoms with E-state index in [-0.39, 0.29) is 18.2 Å². The molecule has 1 unspecified atom stereocenters. The molecule has 0 spiro atoms. The Morgan fingerprint density at radius 3 is 2.58 bits per heavy atom. The summed E-state index contributed by atoms with van der Waals surface area (Å²) in [6, 6.07) is 13.1. The molecule has 2 aromatic rings. The van der Waals surface area contributed by atoms with Gasteiger partial charge in [-0.25, -0.2) is 4.79 Å². The van der Waals surface area contributed by atoms with Gasteiger partial charge >= 0.3 is 6.03 Å². The number of urea groups is 1. The van der Waals surface area contributed by atoms with Crippen molar-refractivity contribution in [3.63, 3.8) is 0 Å². The maximum Gasteiger partial charge on any atom is 0.322 e. The molecule has 124 valence electrons. The number of nitrogens with one attached hydrogen (secondary N) is 2. The molecule has 24 heavy (non-hydrogen) atoms.